The van der Waals surface area contributed by atoms with Gasteiger partial charge in [-0.1, -0.05) is 30.3 Å². The molecule has 0 aliphatic carbocycles. The first-order valence-corrected chi connectivity index (χ1v) is 8.52. The van der Waals surface area contributed by atoms with Gasteiger partial charge in [-0.05, 0) is 19.7 Å². The summed E-state index contributed by atoms with van der Waals surface area (Å²) in [5.41, 5.74) is 1.09. The van der Waals surface area contributed by atoms with Crippen molar-refractivity contribution < 1.29 is 9.53 Å². The number of likely N-dealkylation sites (N-methyl/N-ethyl adjacent to an activating group) is 1. The smallest absolute Gasteiger partial charge is 0.323 e. The van der Waals surface area contributed by atoms with E-state index in [9.17, 15) is 4.79 Å². The molecule has 1 aliphatic heterocycles. The van der Waals surface area contributed by atoms with Crippen LogP contribution in [0.3, 0.4) is 0 Å². The third-order valence-electron chi connectivity index (χ3n) is 4.18. The van der Waals surface area contributed by atoms with Crippen molar-refractivity contribution in [2.45, 2.75) is 12.6 Å². The van der Waals surface area contributed by atoms with Crippen molar-refractivity contribution in [1.82, 2.24) is 19.6 Å². The Morgan fingerprint density at radius 2 is 2.12 bits per heavy atom. The van der Waals surface area contributed by atoms with Gasteiger partial charge >= 0.3 is 6.03 Å². The van der Waals surface area contributed by atoms with Crippen LogP contribution in [0.2, 0.25) is 0 Å². The lowest BCUT2D eigenvalue weighted by molar-refractivity contribution is -0.0135. The Bertz CT molecular complexity index is 686. The maximum atomic E-state index is 12.5. The predicted octanol–water partition coefficient (Wildman–Crippen LogP) is 2.05. The van der Waals surface area contributed by atoms with E-state index in [0.717, 1.165) is 18.7 Å². The molecule has 1 fully saturated rings. The van der Waals surface area contributed by atoms with Crippen LogP contribution in [0, 0.1) is 0 Å². The summed E-state index contributed by atoms with van der Waals surface area (Å²) >= 11 is 0. The van der Waals surface area contributed by atoms with Gasteiger partial charge in [0.15, 0.2) is 5.82 Å². The average Bonchev–Trinajstić information content (AvgIpc) is 3.08. The van der Waals surface area contributed by atoms with E-state index in [1.807, 2.05) is 61.4 Å². The van der Waals surface area contributed by atoms with Crippen LogP contribution in [0.1, 0.15) is 11.7 Å². The summed E-state index contributed by atoms with van der Waals surface area (Å²) < 4.78 is 7.64. The maximum Gasteiger partial charge on any atom is 0.323 e. The Morgan fingerprint density at radius 1 is 1.32 bits per heavy atom. The zero-order valence-electron chi connectivity index (χ0n) is 14.8. The Morgan fingerprint density at radius 3 is 2.88 bits per heavy atom. The number of anilines is 1. The van der Waals surface area contributed by atoms with Gasteiger partial charge in [0.25, 0.3) is 0 Å². The van der Waals surface area contributed by atoms with E-state index in [0.29, 0.717) is 25.5 Å². The number of rotatable bonds is 5. The molecule has 7 nitrogen and oxygen atoms in total. The number of carbonyl (C=O) groups is 1. The van der Waals surface area contributed by atoms with E-state index in [1.165, 1.54) is 0 Å². The van der Waals surface area contributed by atoms with Gasteiger partial charge in [0.05, 0.1) is 19.7 Å². The number of nitrogens with zero attached hydrogens (tertiary/aromatic N) is 4. The van der Waals surface area contributed by atoms with Crippen LogP contribution in [0.25, 0.3) is 0 Å². The Balaban J connectivity index is 1.56. The van der Waals surface area contributed by atoms with Crippen molar-refractivity contribution in [3.8, 4) is 0 Å². The van der Waals surface area contributed by atoms with Crippen molar-refractivity contribution in [2.75, 3.05) is 45.7 Å². The Kier molecular flexibility index (Phi) is 5.67. The number of carbonyl (C=O) groups excluding carboxylic acids is 1. The lowest BCUT2D eigenvalue weighted by atomic mass is 10.1. The van der Waals surface area contributed by atoms with Crippen molar-refractivity contribution in [1.29, 1.82) is 0 Å². The first kappa shape index (κ1) is 17.4. The van der Waals surface area contributed by atoms with Gasteiger partial charge in [-0.15, -0.1) is 0 Å². The minimum Gasteiger partial charge on any atom is -0.370 e. The molecule has 7 heteroatoms. The van der Waals surface area contributed by atoms with Crippen LogP contribution >= 0.6 is 0 Å². The Hall–Kier alpha value is -2.38. The van der Waals surface area contributed by atoms with Crippen LogP contribution < -0.4 is 5.32 Å². The molecular weight excluding hydrogens is 318 g/mol. The number of morpholine rings is 1. The monoisotopic (exact) mass is 343 g/mol. The molecule has 0 spiro atoms. The van der Waals surface area contributed by atoms with E-state index < -0.39 is 0 Å². The van der Waals surface area contributed by atoms with Crippen LogP contribution in [-0.2, 0) is 11.3 Å². The van der Waals surface area contributed by atoms with Crippen LogP contribution in [0.5, 0.6) is 0 Å². The number of hydrogen-bond acceptors (Lipinski definition) is 4. The van der Waals surface area contributed by atoms with Crippen molar-refractivity contribution >= 4 is 11.8 Å². The van der Waals surface area contributed by atoms with Gasteiger partial charge in [0, 0.05) is 25.4 Å². The second-order valence-electron chi connectivity index (χ2n) is 6.41. The summed E-state index contributed by atoms with van der Waals surface area (Å²) in [5, 5.41) is 7.27. The number of urea groups is 1. The molecule has 25 heavy (non-hydrogen) atoms. The molecule has 2 aromatic rings. The van der Waals surface area contributed by atoms with Gasteiger partial charge in [-0.2, -0.15) is 5.10 Å². The van der Waals surface area contributed by atoms with Crippen LogP contribution in [-0.4, -0.2) is 65.9 Å². The second-order valence-corrected chi connectivity index (χ2v) is 6.41. The molecule has 1 aromatic carbocycles. The topological polar surface area (TPSA) is 62.6 Å². The highest BCUT2D eigenvalue weighted by Crippen LogP contribution is 2.22. The number of hydrogen-bond donors (Lipinski definition) is 1. The summed E-state index contributed by atoms with van der Waals surface area (Å²) in [4.78, 5) is 16.4. The lowest BCUT2D eigenvalue weighted by Gasteiger charge is -2.33. The van der Waals surface area contributed by atoms with Gasteiger partial charge in [-0.3, -0.25) is 10.00 Å². The van der Waals surface area contributed by atoms with Gasteiger partial charge in [0.1, 0.15) is 6.10 Å². The molecular formula is C18H25N5O2. The van der Waals surface area contributed by atoms with Gasteiger partial charge in [0.2, 0.25) is 0 Å². The summed E-state index contributed by atoms with van der Waals surface area (Å²) in [6.45, 7) is 3.34. The third kappa shape index (κ3) is 4.80. The molecule has 0 saturated carbocycles. The van der Waals surface area contributed by atoms with E-state index in [1.54, 1.807) is 4.90 Å². The fraction of sp³-hybridized carbons (Fsp3) is 0.444. The number of benzene rings is 1. The maximum absolute atomic E-state index is 12.5. The molecule has 1 aliphatic rings. The zero-order chi connectivity index (χ0) is 17.6. The fourth-order valence-corrected chi connectivity index (χ4v) is 2.75. The standard InChI is InChI=1S/C18H25N5O2/c1-21(2)10-11-23-9-8-17(20-23)19-18(24)22-12-13-25-16(14-22)15-6-4-3-5-7-15/h3-9,16H,10-14H2,1-2H3,(H,19,20,24)/t16-/m1/s1. The number of nitrogens with one attached hydrogen (secondary N) is 1. The van der Waals surface area contributed by atoms with E-state index in [-0.39, 0.29) is 12.1 Å². The van der Waals surface area contributed by atoms with E-state index in [2.05, 4.69) is 15.3 Å². The minimum atomic E-state index is -0.137. The lowest BCUT2D eigenvalue weighted by Crippen LogP contribution is -2.44. The molecule has 1 N–H and O–H groups in total. The quantitative estimate of drug-likeness (QED) is 0.903. The molecule has 0 radical (unpaired) electrons. The summed E-state index contributed by atoms with van der Waals surface area (Å²) in [5.74, 6) is 0.575. The van der Waals surface area contributed by atoms with E-state index in [4.69, 9.17) is 4.74 Å². The second kappa shape index (κ2) is 8.13. The Labute approximate surface area is 148 Å². The van der Waals surface area contributed by atoms with Gasteiger partial charge < -0.3 is 14.5 Å². The molecule has 134 valence electrons. The number of aromatic nitrogens is 2. The molecule has 0 unspecified atom stereocenters. The minimum absolute atomic E-state index is 0.0849. The van der Waals surface area contributed by atoms with Crippen molar-refractivity contribution in [3.05, 3.63) is 48.2 Å². The molecule has 2 amide bonds. The molecule has 0 bridgehead atoms. The van der Waals surface area contributed by atoms with E-state index >= 15 is 0 Å². The molecule has 1 aromatic heterocycles. The molecule has 1 saturated heterocycles. The largest absolute Gasteiger partial charge is 0.370 e. The third-order valence-corrected chi connectivity index (χ3v) is 4.18. The van der Waals surface area contributed by atoms with Crippen LogP contribution in [0.15, 0.2) is 42.6 Å². The van der Waals surface area contributed by atoms with Crippen molar-refractivity contribution in [2.24, 2.45) is 0 Å². The highest BCUT2D eigenvalue weighted by molar-refractivity contribution is 5.88. The molecule has 1 atom stereocenters. The first-order valence-electron chi connectivity index (χ1n) is 8.52. The van der Waals surface area contributed by atoms with Crippen LogP contribution in [0.4, 0.5) is 10.6 Å². The van der Waals surface area contributed by atoms with Crippen molar-refractivity contribution in [3.63, 3.8) is 0 Å². The fourth-order valence-electron chi connectivity index (χ4n) is 2.75. The average molecular weight is 343 g/mol. The first-order chi connectivity index (χ1) is 12.1. The predicted molar refractivity (Wildman–Crippen MR) is 96.5 cm³/mol. The highest BCUT2D eigenvalue weighted by atomic mass is 16.5. The molecule has 2 heterocycles. The van der Waals surface area contributed by atoms with Gasteiger partial charge in [-0.25, -0.2) is 4.79 Å². The number of ether oxygens (including phenoxy) is 1. The summed E-state index contributed by atoms with van der Waals surface area (Å²) in [6.07, 6.45) is 1.80. The number of amides is 2. The normalized spacial score (nSPS) is 17.7. The zero-order valence-corrected chi connectivity index (χ0v) is 14.8. The highest BCUT2D eigenvalue weighted by Gasteiger charge is 2.25. The SMILES string of the molecule is CN(C)CCn1ccc(NC(=O)N2CCO[C@@H](c3ccccc3)C2)n1. The molecule has 3 rings (SSSR count). The summed E-state index contributed by atoms with van der Waals surface area (Å²) in [7, 11) is 4.04. The summed E-state index contributed by atoms with van der Waals surface area (Å²) in [6, 6.07) is 11.7.